The van der Waals surface area contributed by atoms with E-state index in [1.165, 1.54) is 5.56 Å². The molecular formula is C23H23NO. The first-order chi connectivity index (χ1) is 12.1. The van der Waals surface area contributed by atoms with Gasteiger partial charge in [0.05, 0.1) is 6.61 Å². The van der Waals surface area contributed by atoms with E-state index in [1.807, 2.05) is 0 Å². The Hall–Kier alpha value is -2.74. The van der Waals surface area contributed by atoms with Crippen LogP contribution in [0.3, 0.4) is 0 Å². The fraction of sp³-hybridized carbons (Fsp3) is 0.217. The molecule has 0 amide bonds. The van der Waals surface area contributed by atoms with Gasteiger partial charge in [-0.1, -0.05) is 50.2 Å². The van der Waals surface area contributed by atoms with Gasteiger partial charge >= 0.3 is 0 Å². The number of hydrogen-bond donors (Lipinski definition) is 0. The van der Waals surface area contributed by atoms with Gasteiger partial charge in [-0.3, -0.25) is 0 Å². The number of para-hydroxylation sites is 2. The average Bonchev–Trinajstić information content (AvgIpc) is 2.64. The molecule has 0 saturated heterocycles. The van der Waals surface area contributed by atoms with Crippen LogP contribution in [-0.4, -0.2) is 6.61 Å². The SMILES string of the molecule is CC1(C)CCOc2ccc(N(c3ccccc3)c3ccccc3)cc21. The van der Waals surface area contributed by atoms with Gasteiger partial charge in [0.1, 0.15) is 5.75 Å². The highest BCUT2D eigenvalue weighted by Gasteiger charge is 2.29. The monoisotopic (exact) mass is 329 g/mol. The molecular weight excluding hydrogens is 306 g/mol. The van der Waals surface area contributed by atoms with Crippen molar-refractivity contribution in [2.24, 2.45) is 0 Å². The topological polar surface area (TPSA) is 12.5 Å². The van der Waals surface area contributed by atoms with E-state index in [0.717, 1.165) is 35.8 Å². The van der Waals surface area contributed by atoms with E-state index >= 15 is 0 Å². The van der Waals surface area contributed by atoms with Gasteiger partial charge in [0.15, 0.2) is 0 Å². The maximum atomic E-state index is 5.89. The van der Waals surface area contributed by atoms with Crippen molar-refractivity contribution in [2.75, 3.05) is 11.5 Å². The van der Waals surface area contributed by atoms with Crippen LogP contribution in [0.4, 0.5) is 17.1 Å². The lowest BCUT2D eigenvalue weighted by Gasteiger charge is -2.34. The lowest BCUT2D eigenvalue weighted by molar-refractivity contribution is 0.234. The fourth-order valence-corrected chi connectivity index (χ4v) is 3.46. The third kappa shape index (κ3) is 3.00. The summed E-state index contributed by atoms with van der Waals surface area (Å²) in [5, 5.41) is 0. The number of fused-ring (bicyclic) bond motifs is 1. The van der Waals surface area contributed by atoms with Gasteiger partial charge in [-0.25, -0.2) is 0 Å². The van der Waals surface area contributed by atoms with Gasteiger partial charge in [-0.2, -0.15) is 0 Å². The minimum Gasteiger partial charge on any atom is -0.493 e. The molecule has 1 heterocycles. The van der Waals surface area contributed by atoms with E-state index in [2.05, 4.69) is 97.6 Å². The average molecular weight is 329 g/mol. The maximum Gasteiger partial charge on any atom is 0.123 e. The fourth-order valence-electron chi connectivity index (χ4n) is 3.46. The summed E-state index contributed by atoms with van der Waals surface area (Å²) in [5.41, 5.74) is 4.89. The summed E-state index contributed by atoms with van der Waals surface area (Å²) in [7, 11) is 0. The standard InChI is InChI=1S/C23H23NO/c1-23(2)15-16-25-22-14-13-20(17-21(22)23)24(18-9-5-3-6-10-18)19-11-7-4-8-12-19/h3-14,17H,15-16H2,1-2H3. The molecule has 3 aromatic carbocycles. The van der Waals surface area contributed by atoms with Crippen LogP contribution in [0.5, 0.6) is 5.75 Å². The summed E-state index contributed by atoms with van der Waals surface area (Å²) in [6.07, 6.45) is 1.04. The minimum atomic E-state index is 0.128. The molecule has 2 nitrogen and oxygen atoms in total. The zero-order valence-corrected chi connectivity index (χ0v) is 14.8. The molecule has 126 valence electrons. The molecule has 0 spiro atoms. The van der Waals surface area contributed by atoms with E-state index in [1.54, 1.807) is 0 Å². The first-order valence-corrected chi connectivity index (χ1v) is 8.83. The molecule has 4 rings (SSSR count). The molecule has 0 bridgehead atoms. The molecule has 3 aromatic rings. The Bertz CT molecular complexity index is 816. The first-order valence-electron chi connectivity index (χ1n) is 8.83. The van der Waals surface area contributed by atoms with Crippen molar-refractivity contribution in [3.8, 4) is 5.75 Å². The zero-order chi connectivity index (χ0) is 17.3. The van der Waals surface area contributed by atoms with Crippen LogP contribution in [0.1, 0.15) is 25.8 Å². The van der Waals surface area contributed by atoms with Crippen molar-refractivity contribution >= 4 is 17.1 Å². The van der Waals surface area contributed by atoms with Gasteiger partial charge in [-0.15, -0.1) is 0 Å². The van der Waals surface area contributed by atoms with Crippen molar-refractivity contribution in [3.63, 3.8) is 0 Å². The van der Waals surface area contributed by atoms with Crippen LogP contribution >= 0.6 is 0 Å². The third-order valence-corrected chi connectivity index (χ3v) is 4.96. The summed E-state index contributed by atoms with van der Waals surface area (Å²) < 4.78 is 5.89. The zero-order valence-electron chi connectivity index (χ0n) is 14.8. The van der Waals surface area contributed by atoms with Crippen LogP contribution in [0.2, 0.25) is 0 Å². The Kier molecular flexibility index (Phi) is 3.96. The smallest absolute Gasteiger partial charge is 0.123 e. The molecule has 0 aliphatic carbocycles. The number of benzene rings is 3. The number of nitrogens with zero attached hydrogens (tertiary/aromatic N) is 1. The van der Waals surface area contributed by atoms with Crippen LogP contribution in [0, 0.1) is 0 Å². The van der Waals surface area contributed by atoms with E-state index < -0.39 is 0 Å². The number of hydrogen-bond acceptors (Lipinski definition) is 2. The molecule has 0 saturated carbocycles. The number of ether oxygens (including phenoxy) is 1. The lowest BCUT2D eigenvalue weighted by atomic mass is 9.79. The van der Waals surface area contributed by atoms with E-state index in [4.69, 9.17) is 4.74 Å². The Morgan fingerprint density at radius 3 is 1.96 bits per heavy atom. The predicted octanol–water partition coefficient (Wildman–Crippen LogP) is 6.22. The second-order valence-corrected chi connectivity index (χ2v) is 7.17. The highest BCUT2D eigenvalue weighted by atomic mass is 16.5. The van der Waals surface area contributed by atoms with Gasteiger partial charge in [0.2, 0.25) is 0 Å². The summed E-state index contributed by atoms with van der Waals surface area (Å²) in [5.74, 6) is 1.01. The normalized spacial score (nSPS) is 15.1. The van der Waals surface area contributed by atoms with Crippen molar-refractivity contribution in [1.29, 1.82) is 0 Å². The van der Waals surface area contributed by atoms with E-state index in [0.29, 0.717) is 0 Å². The molecule has 25 heavy (non-hydrogen) atoms. The lowest BCUT2D eigenvalue weighted by Crippen LogP contribution is -2.27. The largest absolute Gasteiger partial charge is 0.493 e. The quantitative estimate of drug-likeness (QED) is 0.566. The van der Waals surface area contributed by atoms with Crippen molar-refractivity contribution in [3.05, 3.63) is 84.4 Å². The second kappa shape index (κ2) is 6.29. The summed E-state index contributed by atoms with van der Waals surface area (Å²) >= 11 is 0. The highest BCUT2D eigenvalue weighted by molar-refractivity contribution is 5.77. The van der Waals surface area contributed by atoms with Crippen molar-refractivity contribution in [1.82, 2.24) is 0 Å². The van der Waals surface area contributed by atoms with Crippen LogP contribution in [0.25, 0.3) is 0 Å². The van der Waals surface area contributed by atoms with Gasteiger partial charge in [0.25, 0.3) is 0 Å². The van der Waals surface area contributed by atoms with Gasteiger partial charge in [-0.05, 0) is 54.3 Å². The van der Waals surface area contributed by atoms with Crippen LogP contribution in [-0.2, 0) is 5.41 Å². The van der Waals surface area contributed by atoms with E-state index in [-0.39, 0.29) is 5.41 Å². The summed E-state index contributed by atoms with van der Waals surface area (Å²) in [6.45, 7) is 5.39. The third-order valence-electron chi connectivity index (χ3n) is 4.96. The molecule has 1 aliphatic heterocycles. The highest BCUT2D eigenvalue weighted by Crippen LogP contribution is 2.43. The maximum absolute atomic E-state index is 5.89. The van der Waals surface area contributed by atoms with Gasteiger partial charge in [0, 0.05) is 22.6 Å². The Balaban J connectivity index is 1.86. The van der Waals surface area contributed by atoms with Crippen LogP contribution < -0.4 is 9.64 Å². The van der Waals surface area contributed by atoms with Crippen LogP contribution in [0.15, 0.2) is 78.9 Å². The summed E-state index contributed by atoms with van der Waals surface area (Å²) in [6, 6.07) is 27.6. The number of rotatable bonds is 3. The molecule has 0 unspecified atom stereocenters. The molecule has 0 radical (unpaired) electrons. The second-order valence-electron chi connectivity index (χ2n) is 7.17. The molecule has 0 fully saturated rings. The van der Waals surface area contributed by atoms with Crippen molar-refractivity contribution < 1.29 is 4.74 Å². The molecule has 0 atom stereocenters. The predicted molar refractivity (Wildman–Crippen MR) is 104 cm³/mol. The number of anilines is 3. The molecule has 0 aromatic heterocycles. The first kappa shape index (κ1) is 15.8. The molecule has 2 heteroatoms. The Morgan fingerprint density at radius 2 is 1.36 bits per heavy atom. The van der Waals surface area contributed by atoms with E-state index in [9.17, 15) is 0 Å². The molecule has 0 N–H and O–H groups in total. The molecule has 1 aliphatic rings. The van der Waals surface area contributed by atoms with Crippen molar-refractivity contribution in [2.45, 2.75) is 25.7 Å². The summed E-state index contributed by atoms with van der Waals surface area (Å²) in [4.78, 5) is 2.30. The van der Waals surface area contributed by atoms with Gasteiger partial charge < -0.3 is 9.64 Å². The minimum absolute atomic E-state index is 0.128. The Labute approximate surface area is 149 Å². The Morgan fingerprint density at radius 1 is 0.760 bits per heavy atom.